The summed E-state index contributed by atoms with van der Waals surface area (Å²) in [6.07, 6.45) is 0. The summed E-state index contributed by atoms with van der Waals surface area (Å²) in [6.45, 7) is 9.87. The summed E-state index contributed by atoms with van der Waals surface area (Å²) in [7, 11) is 0. The van der Waals surface area contributed by atoms with Gasteiger partial charge >= 0.3 is 0 Å². The number of nitrogens with two attached hydrogens (primary N) is 1. The van der Waals surface area contributed by atoms with E-state index in [1.807, 2.05) is 13.0 Å². The Morgan fingerprint density at radius 2 is 1.94 bits per heavy atom. The van der Waals surface area contributed by atoms with Gasteiger partial charge < -0.3 is 11.1 Å². The van der Waals surface area contributed by atoms with Gasteiger partial charge in [-0.3, -0.25) is 0 Å². The van der Waals surface area contributed by atoms with E-state index in [0.29, 0.717) is 6.54 Å². The van der Waals surface area contributed by atoms with Crippen molar-refractivity contribution in [2.24, 2.45) is 11.1 Å². The molecule has 0 saturated heterocycles. The van der Waals surface area contributed by atoms with Gasteiger partial charge in [0.25, 0.3) is 0 Å². The van der Waals surface area contributed by atoms with E-state index in [9.17, 15) is 0 Å². The molecule has 0 amide bonds. The molecule has 90 valence electrons. The van der Waals surface area contributed by atoms with Crippen LogP contribution in [-0.4, -0.2) is 13.1 Å². The lowest BCUT2D eigenvalue weighted by atomic mass is 9.93. The lowest BCUT2D eigenvalue weighted by Crippen LogP contribution is -2.31. The molecule has 1 aromatic rings. The average molecular weight is 241 g/mol. The van der Waals surface area contributed by atoms with Gasteiger partial charge in [-0.2, -0.15) is 0 Å². The minimum Gasteiger partial charge on any atom is -0.383 e. The lowest BCUT2D eigenvalue weighted by Gasteiger charge is -2.24. The van der Waals surface area contributed by atoms with Gasteiger partial charge in [-0.15, -0.1) is 0 Å². The van der Waals surface area contributed by atoms with Crippen LogP contribution >= 0.6 is 11.6 Å². The molecule has 0 atom stereocenters. The summed E-state index contributed by atoms with van der Waals surface area (Å²) >= 11 is 6.21. The van der Waals surface area contributed by atoms with E-state index < -0.39 is 0 Å². The lowest BCUT2D eigenvalue weighted by molar-refractivity contribution is 0.405. The van der Waals surface area contributed by atoms with E-state index in [1.54, 1.807) is 0 Å². The maximum Gasteiger partial charge on any atom is 0.0642 e. The van der Waals surface area contributed by atoms with Crippen molar-refractivity contribution in [1.29, 1.82) is 0 Å². The third-order valence-corrected chi connectivity index (χ3v) is 3.03. The molecule has 0 bridgehead atoms. The molecule has 1 aromatic carbocycles. The highest BCUT2D eigenvalue weighted by Gasteiger charge is 2.16. The Labute approximate surface area is 103 Å². The number of hydrogen-bond acceptors (Lipinski definition) is 2. The predicted molar refractivity (Wildman–Crippen MR) is 72.3 cm³/mol. The van der Waals surface area contributed by atoms with Crippen LogP contribution in [0.2, 0.25) is 5.02 Å². The summed E-state index contributed by atoms with van der Waals surface area (Å²) in [5.41, 5.74) is 9.17. The monoisotopic (exact) mass is 240 g/mol. The van der Waals surface area contributed by atoms with E-state index in [0.717, 1.165) is 17.3 Å². The smallest absolute Gasteiger partial charge is 0.0642 e. The molecular formula is C13H21ClN2. The molecule has 0 spiro atoms. The van der Waals surface area contributed by atoms with Crippen LogP contribution < -0.4 is 11.1 Å². The fraction of sp³-hybridized carbons (Fsp3) is 0.538. The van der Waals surface area contributed by atoms with E-state index in [-0.39, 0.29) is 5.41 Å². The van der Waals surface area contributed by atoms with E-state index in [4.69, 9.17) is 17.3 Å². The molecule has 0 aromatic heterocycles. The molecule has 0 saturated carbocycles. The Morgan fingerprint density at radius 1 is 1.31 bits per heavy atom. The van der Waals surface area contributed by atoms with Gasteiger partial charge in [0.15, 0.2) is 0 Å². The Morgan fingerprint density at radius 3 is 2.44 bits per heavy atom. The largest absolute Gasteiger partial charge is 0.383 e. The van der Waals surface area contributed by atoms with Gasteiger partial charge in [0, 0.05) is 6.54 Å². The summed E-state index contributed by atoms with van der Waals surface area (Å²) < 4.78 is 0. The molecule has 0 radical (unpaired) electrons. The van der Waals surface area contributed by atoms with Crippen LogP contribution in [0.3, 0.4) is 0 Å². The first-order valence-electron chi connectivity index (χ1n) is 5.56. The Bertz CT molecular complexity index is 349. The molecule has 0 unspecified atom stereocenters. The Hall–Kier alpha value is -0.730. The van der Waals surface area contributed by atoms with Gasteiger partial charge in [-0.05, 0) is 43.0 Å². The maximum atomic E-state index is 6.21. The van der Waals surface area contributed by atoms with Gasteiger partial charge in [0.1, 0.15) is 0 Å². The predicted octanol–water partition coefficient (Wildman–Crippen LogP) is 3.35. The minimum atomic E-state index is 0.0840. The molecule has 16 heavy (non-hydrogen) atoms. The fourth-order valence-electron chi connectivity index (χ4n) is 1.54. The molecule has 1 rings (SSSR count). The van der Waals surface area contributed by atoms with Gasteiger partial charge in [-0.25, -0.2) is 0 Å². The third kappa shape index (κ3) is 3.39. The Kier molecular flexibility index (Phi) is 4.22. The van der Waals surface area contributed by atoms with Crippen LogP contribution in [-0.2, 0) is 0 Å². The first-order chi connectivity index (χ1) is 7.35. The highest BCUT2D eigenvalue weighted by Crippen LogP contribution is 2.28. The van der Waals surface area contributed by atoms with E-state index in [1.165, 1.54) is 11.1 Å². The normalized spacial score (nSPS) is 11.6. The zero-order valence-electron chi connectivity index (χ0n) is 10.5. The fourth-order valence-corrected chi connectivity index (χ4v) is 1.93. The van der Waals surface area contributed by atoms with Crippen LogP contribution in [0, 0.1) is 19.3 Å². The number of hydrogen-bond donors (Lipinski definition) is 2. The van der Waals surface area contributed by atoms with Gasteiger partial charge in [0.05, 0.1) is 10.7 Å². The molecule has 0 aliphatic heterocycles. The van der Waals surface area contributed by atoms with E-state index >= 15 is 0 Å². The number of benzene rings is 1. The Balaban J connectivity index is 2.82. The quantitative estimate of drug-likeness (QED) is 0.847. The van der Waals surface area contributed by atoms with Crippen LogP contribution in [0.5, 0.6) is 0 Å². The zero-order chi connectivity index (χ0) is 12.3. The maximum absolute atomic E-state index is 6.21. The highest BCUT2D eigenvalue weighted by atomic mass is 35.5. The zero-order valence-corrected chi connectivity index (χ0v) is 11.3. The van der Waals surface area contributed by atoms with Crippen molar-refractivity contribution in [3.8, 4) is 0 Å². The third-order valence-electron chi connectivity index (χ3n) is 2.73. The van der Waals surface area contributed by atoms with Crippen molar-refractivity contribution in [2.45, 2.75) is 27.7 Å². The highest BCUT2D eigenvalue weighted by molar-refractivity contribution is 6.33. The second-order valence-corrected chi connectivity index (χ2v) is 5.57. The summed E-state index contributed by atoms with van der Waals surface area (Å²) in [5, 5.41) is 4.17. The summed E-state index contributed by atoms with van der Waals surface area (Å²) in [6, 6.07) is 4.11. The van der Waals surface area contributed by atoms with Crippen molar-refractivity contribution in [2.75, 3.05) is 18.4 Å². The van der Waals surface area contributed by atoms with Gasteiger partial charge in [-0.1, -0.05) is 31.5 Å². The van der Waals surface area contributed by atoms with Crippen LogP contribution in [0.15, 0.2) is 12.1 Å². The number of nitrogens with one attached hydrogen (secondary N) is 1. The second-order valence-electron chi connectivity index (χ2n) is 5.16. The van der Waals surface area contributed by atoms with Crippen molar-refractivity contribution in [1.82, 2.24) is 0 Å². The molecule has 2 nitrogen and oxygen atoms in total. The second kappa shape index (κ2) is 5.07. The average Bonchev–Trinajstić information content (AvgIpc) is 2.16. The van der Waals surface area contributed by atoms with Crippen molar-refractivity contribution in [3.63, 3.8) is 0 Å². The minimum absolute atomic E-state index is 0.0840. The molecule has 3 heteroatoms. The molecular weight excluding hydrogens is 220 g/mol. The number of rotatable bonds is 4. The van der Waals surface area contributed by atoms with E-state index in [2.05, 4.69) is 32.2 Å². The summed E-state index contributed by atoms with van der Waals surface area (Å²) in [4.78, 5) is 0. The topological polar surface area (TPSA) is 38.0 Å². The number of anilines is 1. The van der Waals surface area contributed by atoms with Crippen LogP contribution in [0.25, 0.3) is 0 Å². The van der Waals surface area contributed by atoms with Crippen LogP contribution in [0.4, 0.5) is 5.69 Å². The molecule has 3 N–H and O–H groups in total. The SMILES string of the molecule is Cc1cc(C)c(NCC(C)(C)CN)c(Cl)c1. The van der Waals surface area contributed by atoms with Gasteiger partial charge in [0.2, 0.25) is 0 Å². The molecule has 0 aliphatic carbocycles. The van der Waals surface area contributed by atoms with Crippen molar-refractivity contribution < 1.29 is 0 Å². The van der Waals surface area contributed by atoms with Crippen molar-refractivity contribution in [3.05, 3.63) is 28.3 Å². The molecule has 0 fully saturated rings. The first kappa shape index (κ1) is 13.3. The first-order valence-corrected chi connectivity index (χ1v) is 5.94. The number of aryl methyl sites for hydroxylation is 2. The summed E-state index contributed by atoms with van der Waals surface area (Å²) in [5.74, 6) is 0. The van der Waals surface area contributed by atoms with Crippen molar-refractivity contribution >= 4 is 17.3 Å². The standard InChI is InChI=1S/C13H21ClN2/c1-9-5-10(2)12(11(14)6-9)16-8-13(3,4)7-15/h5-6,16H,7-8,15H2,1-4H3. The molecule has 0 aliphatic rings. The van der Waals surface area contributed by atoms with Crippen LogP contribution in [0.1, 0.15) is 25.0 Å². The number of halogens is 1. The molecule has 0 heterocycles.